The number of aromatic amines is 1. The smallest absolute Gasteiger partial charge is 0.407 e. The Morgan fingerprint density at radius 3 is 2.22 bits per heavy atom. The molecule has 0 unspecified atom stereocenters. The number of allylic oxidation sites excluding steroid dienone is 1. The number of nitrogens with zero attached hydrogens (tertiary/aromatic N) is 4. The van der Waals surface area contributed by atoms with Crippen LogP contribution in [0, 0.1) is 11.8 Å². The number of alkyl carbamates (subject to hydrolysis) is 1. The Labute approximate surface area is 339 Å². The van der Waals surface area contributed by atoms with Crippen molar-refractivity contribution in [1.29, 1.82) is 0 Å². The van der Waals surface area contributed by atoms with Gasteiger partial charge in [0, 0.05) is 49.0 Å². The van der Waals surface area contributed by atoms with E-state index in [1.54, 1.807) is 11.1 Å². The summed E-state index contributed by atoms with van der Waals surface area (Å²) < 4.78 is 16.4. The molecule has 4 atom stereocenters. The van der Waals surface area contributed by atoms with E-state index >= 15 is 0 Å². The Kier molecular flexibility index (Phi) is 11.7. The number of Topliss-reactive ketones (excluding diaryl/α,β-unsaturated/α-hetero) is 1. The predicted molar refractivity (Wildman–Crippen MR) is 219 cm³/mol. The molecule has 58 heavy (non-hydrogen) atoms. The van der Waals surface area contributed by atoms with Gasteiger partial charge in [-0.2, -0.15) is 0 Å². The minimum Gasteiger partial charge on any atom is -0.483 e. The van der Waals surface area contributed by atoms with Crippen molar-refractivity contribution in [3.05, 3.63) is 83.8 Å². The number of amides is 3. The van der Waals surface area contributed by atoms with E-state index in [-0.39, 0.29) is 47.9 Å². The van der Waals surface area contributed by atoms with E-state index in [9.17, 15) is 19.2 Å². The summed E-state index contributed by atoms with van der Waals surface area (Å²) in [5.41, 5.74) is 5.67. The van der Waals surface area contributed by atoms with Crippen LogP contribution >= 0.6 is 0 Å². The molecule has 3 aromatic rings. The van der Waals surface area contributed by atoms with Gasteiger partial charge in [0.1, 0.15) is 29.4 Å². The van der Waals surface area contributed by atoms with Gasteiger partial charge in [-0.3, -0.25) is 19.4 Å². The highest BCUT2D eigenvalue weighted by molar-refractivity contribution is 6.04. The third-order valence-corrected chi connectivity index (χ3v) is 11.6. The molecule has 7 rings (SSSR count). The number of nitrogens with one attached hydrogen (secondary N) is 3. The summed E-state index contributed by atoms with van der Waals surface area (Å²) in [5.74, 6) is 1.76. The number of methoxy groups -OCH3 is 2. The molecule has 4 aliphatic heterocycles. The number of ether oxygens (including phenoxy) is 3. The van der Waals surface area contributed by atoms with Crippen LogP contribution in [-0.4, -0.2) is 94.6 Å². The number of H-pyrrole nitrogens is 1. The minimum absolute atomic E-state index is 0.0170. The van der Waals surface area contributed by atoms with Crippen molar-refractivity contribution in [2.24, 2.45) is 16.8 Å². The maximum Gasteiger partial charge on any atom is 0.407 e. The molecule has 2 fully saturated rings. The molecular formula is C44H53N7O7. The molecule has 2 aromatic carbocycles. The quantitative estimate of drug-likeness (QED) is 0.172. The second-order valence-corrected chi connectivity index (χ2v) is 16.1. The summed E-state index contributed by atoms with van der Waals surface area (Å²) in [6.07, 6.45) is 7.02. The summed E-state index contributed by atoms with van der Waals surface area (Å²) in [7, 11) is 2.81. The largest absolute Gasteiger partial charge is 0.483 e. The van der Waals surface area contributed by atoms with E-state index in [4.69, 9.17) is 19.2 Å². The average Bonchev–Trinajstić information content (AvgIpc) is 4.05. The molecule has 14 heteroatoms. The number of aromatic nitrogens is 2. The van der Waals surface area contributed by atoms with Crippen LogP contribution in [0.2, 0.25) is 0 Å². The van der Waals surface area contributed by atoms with E-state index < -0.39 is 18.2 Å². The van der Waals surface area contributed by atoms with Gasteiger partial charge >= 0.3 is 6.09 Å². The van der Waals surface area contributed by atoms with Crippen molar-refractivity contribution in [3.63, 3.8) is 0 Å². The maximum absolute atomic E-state index is 13.8. The molecule has 4 aliphatic rings. The van der Waals surface area contributed by atoms with Gasteiger partial charge in [-0.05, 0) is 79.5 Å². The van der Waals surface area contributed by atoms with Gasteiger partial charge < -0.3 is 39.6 Å². The third-order valence-electron chi connectivity index (χ3n) is 11.6. The Hall–Kier alpha value is -5.92. The number of rotatable bonds is 12. The van der Waals surface area contributed by atoms with Crippen molar-refractivity contribution >= 4 is 35.0 Å². The van der Waals surface area contributed by atoms with Crippen LogP contribution in [0.25, 0.3) is 16.8 Å². The summed E-state index contributed by atoms with van der Waals surface area (Å²) in [5, 5.41) is 5.83. The molecule has 0 bridgehead atoms. The lowest BCUT2D eigenvalue weighted by atomic mass is 9.95. The fourth-order valence-electron chi connectivity index (χ4n) is 8.36. The fourth-order valence-corrected chi connectivity index (χ4v) is 8.36. The molecule has 14 nitrogen and oxygen atoms in total. The molecule has 3 amide bonds. The van der Waals surface area contributed by atoms with Crippen LogP contribution in [0.4, 0.5) is 4.79 Å². The second-order valence-electron chi connectivity index (χ2n) is 16.1. The molecule has 3 N–H and O–H groups in total. The van der Waals surface area contributed by atoms with Crippen molar-refractivity contribution in [1.82, 2.24) is 30.4 Å². The van der Waals surface area contributed by atoms with E-state index in [1.807, 2.05) is 75.2 Å². The molecule has 0 aliphatic carbocycles. The number of carbonyl (C=O) groups excluding carboxylic acids is 4. The van der Waals surface area contributed by atoms with Crippen LogP contribution in [0.5, 0.6) is 11.5 Å². The molecular weight excluding hydrogens is 739 g/mol. The first-order valence-electron chi connectivity index (χ1n) is 20.1. The number of carbonyl (C=O) groups is 4. The fraction of sp³-hybridized carbons (Fsp3) is 0.455. The van der Waals surface area contributed by atoms with Crippen LogP contribution < -0.4 is 15.4 Å². The van der Waals surface area contributed by atoms with Crippen molar-refractivity contribution in [3.8, 4) is 22.8 Å². The van der Waals surface area contributed by atoms with Gasteiger partial charge in [0.05, 0.1) is 43.8 Å². The van der Waals surface area contributed by atoms with Gasteiger partial charge in [-0.15, -0.1) is 0 Å². The lowest BCUT2D eigenvalue weighted by molar-refractivity contribution is -0.135. The van der Waals surface area contributed by atoms with Crippen LogP contribution in [0.1, 0.15) is 93.2 Å². The molecule has 306 valence electrons. The van der Waals surface area contributed by atoms with Gasteiger partial charge in [-0.1, -0.05) is 39.8 Å². The van der Waals surface area contributed by atoms with E-state index in [1.165, 1.54) is 14.2 Å². The zero-order valence-electron chi connectivity index (χ0n) is 34.1. The zero-order chi connectivity index (χ0) is 41.2. The molecule has 2 saturated heterocycles. The average molecular weight is 792 g/mol. The first-order chi connectivity index (χ1) is 27.9. The number of hydrogen-bond donors (Lipinski definition) is 3. The summed E-state index contributed by atoms with van der Waals surface area (Å²) in [4.78, 5) is 69.7. The molecule has 5 heterocycles. The predicted octanol–water partition coefficient (Wildman–Crippen LogP) is 6.56. The monoisotopic (exact) mass is 791 g/mol. The Morgan fingerprint density at radius 1 is 0.862 bits per heavy atom. The van der Waals surface area contributed by atoms with Gasteiger partial charge in [0.25, 0.3) is 0 Å². The maximum atomic E-state index is 13.8. The van der Waals surface area contributed by atoms with Crippen molar-refractivity contribution in [2.45, 2.75) is 90.4 Å². The zero-order valence-corrected chi connectivity index (χ0v) is 34.1. The van der Waals surface area contributed by atoms with Crippen LogP contribution in [-0.2, 0) is 25.5 Å². The highest BCUT2D eigenvalue weighted by Crippen LogP contribution is 2.40. The number of fused-ring (bicyclic) bond motifs is 2. The normalized spacial score (nSPS) is 19.8. The molecule has 1 aromatic heterocycles. The Balaban J connectivity index is 1.04. The minimum atomic E-state index is -0.729. The number of likely N-dealkylation sites (tertiary alicyclic amines) is 2. The number of benzene rings is 2. The topological polar surface area (TPSA) is 168 Å². The van der Waals surface area contributed by atoms with E-state index in [2.05, 4.69) is 27.2 Å². The lowest BCUT2D eigenvalue weighted by Gasteiger charge is -2.31. The second kappa shape index (κ2) is 16.9. The molecule has 0 spiro atoms. The lowest BCUT2D eigenvalue weighted by Crippen LogP contribution is -2.52. The Morgan fingerprint density at radius 2 is 1.53 bits per heavy atom. The van der Waals surface area contributed by atoms with Gasteiger partial charge in [0.15, 0.2) is 11.7 Å². The molecule has 0 saturated carbocycles. The SMILES string of the molecule is C=C(N[C@H](C(=O)N1CCC[C@H]1C1=NC=C(c2ccc3c(c2)Oc2ccc(-c4cnc([C@@H]5CCCN5C(=O)[C@@H](NC(=O)OC)C(C)C)[nH]4)cc2C(=O)C3)C1)C(C)C)OC. The number of ketones is 1. The van der Waals surface area contributed by atoms with Crippen LogP contribution in [0.15, 0.2) is 66.2 Å². The van der Waals surface area contributed by atoms with E-state index in [0.29, 0.717) is 54.0 Å². The van der Waals surface area contributed by atoms with Crippen molar-refractivity contribution < 1.29 is 33.4 Å². The molecule has 0 radical (unpaired) electrons. The van der Waals surface area contributed by atoms with Crippen LogP contribution in [0.3, 0.4) is 0 Å². The first-order valence-corrected chi connectivity index (χ1v) is 20.1. The number of imidazole rings is 1. The van der Waals surface area contributed by atoms with Gasteiger partial charge in [-0.25, -0.2) is 9.78 Å². The highest BCUT2D eigenvalue weighted by Gasteiger charge is 2.39. The highest BCUT2D eigenvalue weighted by atomic mass is 16.5. The Bertz CT molecular complexity index is 2170. The number of aliphatic imine (C=N–C) groups is 1. The summed E-state index contributed by atoms with van der Waals surface area (Å²) in [6, 6.07) is 9.90. The van der Waals surface area contributed by atoms with Crippen molar-refractivity contribution in [2.75, 3.05) is 27.3 Å². The van der Waals surface area contributed by atoms with E-state index in [0.717, 1.165) is 53.7 Å². The first kappa shape index (κ1) is 40.3. The summed E-state index contributed by atoms with van der Waals surface area (Å²) in [6.45, 7) is 12.9. The van der Waals surface area contributed by atoms with Gasteiger partial charge in [0.2, 0.25) is 11.8 Å². The summed E-state index contributed by atoms with van der Waals surface area (Å²) >= 11 is 0. The third kappa shape index (κ3) is 8.09. The standard InChI is InChI=1S/C44H53N7O7/c1-24(2)39(47-26(5)56-6)42(53)50-16-8-10-34(50)32-19-30(22-45-32)27-12-13-29-20-36(52)31-18-28(14-15-37(31)58-38(29)21-27)33-23-46-41(48-33)35-11-9-17-51(35)43(54)40(25(3)4)49-44(55)57-7/h12-15,18,21-25,34-35,39-40,47H,5,8-11,16-17,19-20H2,1-4,6-7H3,(H,46,48)(H,49,55)/t34-,35-,39-,40-/m0/s1. The number of hydrogen-bond acceptors (Lipinski definition) is 10.